The SMILES string of the molecule is C=Nc1nc(C[C@@H]2CCCCN2C(=O)OC(C)(C)C)cn1/C=C\C. The number of carbonyl (C=O) groups is 1. The predicted octanol–water partition coefficient (Wildman–Crippen LogP) is 4.04. The molecule has 0 bridgehead atoms. The number of allylic oxidation sites excluding steroid dienone is 1. The lowest BCUT2D eigenvalue weighted by molar-refractivity contribution is 0.00986. The number of nitrogens with zero attached hydrogens (tertiary/aromatic N) is 4. The van der Waals surface area contributed by atoms with Crippen molar-refractivity contribution in [3.05, 3.63) is 18.0 Å². The second-order valence-corrected chi connectivity index (χ2v) is 7.11. The number of aliphatic imine (C=N–C) groups is 1. The molecule has 1 fully saturated rings. The summed E-state index contributed by atoms with van der Waals surface area (Å²) in [7, 11) is 0. The molecular weight excluding hydrogens is 304 g/mol. The highest BCUT2D eigenvalue weighted by molar-refractivity contribution is 5.68. The molecule has 132 valence electrons. The molecule has 2 rings (SSSR count). The summed E-state index contributed by atoms with van der Waals surface area (Å²) in [4.78, 5) is 22.8. The van der Waals surface area contributed by atoms with Crippen LogP contribution in [0.15, 0.2) is 17.3 Å². The van der Waals surface area contributed by atoms with E-state index in [1.165, 1.54) is 0 Å². The van der Waals surface area contributed by atoms with Gasteiger partial charge in [0.1, 0.15) is 5.60 Å². The maximum absolute atomic E-state index is 12.5. The van der Waals surface area contributed by atoms with Gasteiger partial charge in [0.05, 0.1) is 5.69 Å². The first-order valence-electron chi connectivity index (χ1n) is 8.51. The summed E-state index contributed by atoms with van der Waals surface area (Å²) in [5.41, 5.74) is 0.433. The van der Waals surface area contributed by atoms with Crippen molar-refractivity contribution >= 4 is 25.0 Å². The maximum Gasteiger partial charge on any atom is 0.410 e. The Morgan fingerprint density at radius 1 is 1.50 bits per heavy atom. The third-order valence-electron chi connectivity index (χ3n) is 3.91. The van der Waals surface area contributed by atoms with E-state index in [2.05, 4.69) is 16.7 Å². The lowest BCUT2D eigenvalue weighted by Gasteiger charge is -2.36. The molecule has 1 aromatic heterocycles. The fourth-order valence-corrected chi connectivity index (χ4v) is 2.93. The largest absolute Gasteiger partial charge is 0.444 e. The summed E-state index contributed by atoms with van der Waals surface area (Å²) < 4.78 is 7.41. The van der Waals surface area contributed by atoms with Gasteiger partial charge < -0.3 is 9.64 Å². The Bertz CT molecular complexity index is 613. The fourth-order valence-electron chi connectivity index (χ4n) is 2.93. The molecule has 0 saturated carbocycles. The Hall–Kier alpha value is -2.11. The molecule has 6 heteroatoms. The van der Waals surface area contributed by atoms with Gasteiger partial charge in [0, 0.05) is 31.4 Å². The summed E-state index contributed by atoms with van der Waals surface area (Å²) in [5, 5.41) is 0. The highest BCUT2D eigenvalue weighted by atomic mass is 16.6. The first-order valence-corrected chi connectivity index (χ1v) is 8.51. The van der Waals surface area contributed by atoms with Crippen molar-refractivity contribution in [2.24, 2.45) is 4.99 Å². The average Bonchev–Trinajstić information content (AvgIpc) is 2.88. The van der Waals surface area contributed by atoms with Gasteiger partial charge in [0.15, 0.2) is 0 Å². The monoisotopic (exact) mass is 332 g/mol. The quantitative estimate of drug-likeness (QED) is 0.782. The van der Waals surface area contributed by atoms with E-state index < -0.39 is 5.60 Å². The molecule has 1 aromatic rings. The molecule has 1 aliphatic heterocycles. The summed E-state index contributed by atoms with van der Waals surface area (Å²) in [6.45, 7) is 11.9. The molecule has 2 heterocycles. The lowest BCUT2D eigenvalue weighted by Crippen LogP contribution is -2.47. The van der Waals surface area contributed by atoms with Crippen molar-refractivity contribution in [3.8, 4) is 0 Å². The van der Waals surface area contributed by atoms with Gasteiger partial charge in [-0.05, 0) is 53.7 Å². The zero-order valence-electron chi connectivity index (χ0n) is 15.2. The number of hydrogen-bond donors (Lipinski definition) is 0. The molecule has 24 heavy (non-hydrogen) atoms. The Morgan fingerprint density at radius 2 is 2.25 bits per heavy atom. The molecule has 1 amide bonds. The lowest BCUT2D eigenvalue weighted by atomic mass is 9.98. The second kappa shape index (κ2) is 7.64. The molecular formula is C18H28N4O2. The van der Waals surface area contributed by atoms with E-state index in [0.717, 1.165) is 31.5 Å². The summed E-state index contributed by atoms with van der Waals surface area (Å²) in [6, 6.07) is 0.111. The number of piperidine rings is 1. The number of amides is 1. The number of aromatic nitrogens is 2. The van der Waals surface area contributed by atoms with Gasteiger partial charge in [-0.25, -0.2) is 14.8 Å². The van der Waals surface area contributed by atoms with Crippen LogP contribution in [0.1, 0.15) is 52.7 Å². The van der Waals surface area contributed by atoms with Gasteiger partial charge in [-0.1, -0.05) is 6.08 Å². The first kappa shape index (κ1) is 18.2. The van der Waals surface area contributed by atoms with Crippen LogP contribution in [-0.4, -0.2) is 45.4 Å². The van der Waals surface area contributed by atoms with Crippen molar-refractivity contribution in [3.63, 3.8) is 0 Å². The number of carbonyl (C=O) groups excluding carboxylic acids is 1. The first-order chi connectivity index (χ1) is 11.3. The summed E-state index contributed by atoms with van der Waals surface area (Å²) in [6.07, 6.45) is 9.34. The van der Waals surface area contributed by atoms with Crippen LogP contribution in [0.4, 0.5) is 10.7 Å². The van der Waals surface area contributed by atoms with Gasteiger partial charge in [-0.15, -0.1) is 0 Å². The highest BCUT2D eigenvalue weighted by Gasteiger charge is 2.31. The fraction of sp³-hybridized carbons (Fsp3) is 0.611. The molecule has 1 atom stereocenters. The highest BCUT2D eigenvalue weighted by Crippen LogP contribution is 2.24. The van der Waals surface area contributed by atoms with Gasteiger partial charge in [-0.2, -0.15) is 0 Å². The van der Waals surface area contributed by atoms with Crippen LogP contribution < -0.4 is 0 Å². The molecule has 0 radical (unpaired) electrons. The minimum absolute atomic E-state index is 0.111. The van der Waals surface area contributed by atoms with E-state index >= 15 is 0 Å². The van der Waals surface area contributed by atoms with Crippen molar-refractivity contribution in [2.45, 2.75) is 65.0 Å². The zero-order chi connectivity index (χ0) is 17.7. The van der Waals surface area contributed by atoms with Crippen LogP contribution in [0.5, 0.6) is 0 Å². The second-order valence-electron chi connectivity index (χ2n) is 7.11. The molecule has 6 nitrogen and oxygen atoms in total. The van der Waals surface area contributed by atoms with Gasteiger partial charge in [0.25, 0.3) is 0 Å². The number of rotatable bonds is 4. The van der Waals surface area contributed by atoms with Gasteiger partial charge in [-0.3, -0.25) is 4.57 Å². The van der Waals surface area contributed by atoms with Crippen molar-refractivity contribution < 1.29 is 9.53 Å². The van der Waals surface area contributed by atoms with Crippen LogP contribution in [0, 0.1) is 0 Å². The average molecular weight is 332 g/mol. The van der Waals surface area contributed by atoms with E-state index in [0.29, 0.717) is 12.4 Å². The van der Waals surface area contributed by atoms with Crippen LogP contribution in [-0.2, 0) is 11.2 Å². The van der Waals surface area contributed by atoms with E-state index in [9.17, 15) is 4.79 Å². The molecule has 1 saturated heterocycles. The Balaban J connectivity index is 2.13. The van der Waals surface area contributed by atoms with E-state index in [1.807, 2.05) is 55.6 Å². The number of ether oxygens (including phenoxy) is 1. The predicted molar refractivity (Wildman–Crippen MR) is 96.7 cm³/mol. The van der Waals surface area contributed by atoms with E-state index in [-0.39, 0.29) is 12.1 Å². The van der Waals surface area contributed by atoms with Crippen molar-refractivity contribution in [1.82, 2.24) is 14.5 Å². The van der Waals surface area contributed by atoms with Crippen molar-refractivity contribution in [2.75, 3.05) is 6.54 Å². The van der Waals surface area contributed by atoms with Crippen LogP contribution in [0.2, 0.25) is 0 Å². The topological polar surface area (TPSA) is 59.7 Å². The summed E-state index contributed by atoms with van der Waals surface area (Å²) >= 11 is 0. The maximum atomic E-state index is 12.5. The zero-order valence-corrected chi connectivity index (χ0v) is 15.2. The summed E-state index contributed by atoms with van der Waals surface area (Å²) in [5.74, 6) is 0.572. The van der Waals surface area contributed by atoms with Gasteiger partial charge in [0.2, 0.25) is 5.95 Å². The molecule has 0 spiro atoms. The van der Waals surface area contributed by atoms with E-state index in [1.54, 1.807) is 0 Å². The minimum atomic E-state index is -0.480. The van der Waals surface area contributed by atoms with Crippen molar-refractivity contribution in [1.29, 1.82) is 0 Å². The molecule has 0 unspecified atom stereocenters. The van der Waals surface area contributed by atoms with Crippen LogP contribution >= 0.6 is 0 Å². The van der Waals surface area contributed by atoms with Crippen LogP contribution in [0.25, 0.3) is 6.20 Å². The normalized spacial score (nSPS) is 18.8. The third kappa shape index (κ3) is 4.69. The number of imidazole rings is 1. The van der Waals surface area contributed by atoms with Crippen LogP contribution in [0.3, 0.4) is 0 Å². The molecule has 0 aromatic carbocycles. The van der Waals surface area contributed by atoms with Gasteiger partial charge >= 0.3 is 6.09 Å². The Labute approximate surface area is 144 Å². The number of likely N-dealkylation sites (tertiary alicyclic amines) is 1. The molecule has 0 aliphatic carbocycles. The Morgan fingerprint density at radius 3 is 2.88 bits per heavy atom. The molecule has 1 aliphatic rings. The Kier molecular flexibility index (Phi) is 5.80. The van der Waals surface area contributed by atoms with E-state index in [4.69, 9.17) is 4.74 Å². The number of hydrogen-bond acceptors (Lipinski definition) is 4. The smallest absolute Gasteiger partial charge is 0.410 e. The molecule has 0 N–H and O–H groups in total. The standard InChI is InChI=1S/C18H28N4O2/c1-6-10-21-13-14(20-16(21)19-5)12-15-9-7-8-11-22(15)17(23)24-18(2,3)4/h6,10,13,15H,5,7-9,11-12H2,1-4H3/b10-6-/t15-/m0/s1. The third-order valence-corrected chi connectivity index (χ3v) is 3.91. The minimum Gasteiger partial charge on any atom is -0.444 e.